The molecular weight excluding hydrogens is 468 g/mol. The number of aromatic nitrogens is 2. The Balaban J connectivity index is 1.54. The number of para-hydroxylation sites is 1. The molecule has 2 aromatic heterocycles. The summed E-state index contributed by atoms with van der Waals surface area (Å²) < 4.78 is 2.59. The van der Waals surface area contributed by atoms with Crippen molar-refractivity contribution < 1.29 is 9.90 Å². The Morgan fingerprint density at radius 1 is 0.969 bits per heavy atom. The number of carbonyl (C=O) groups is 1. The summed E-state index contributed by atoms with van der Waals surface area (Å²) in [6, 6.07) is 26.4. The van der Waals surface area contributed by atoms with Gasteiger partial charge in [0.15, 0.2) is 5.69 Å². The fraction of sp³-hybridized carbons (Fsp3) is 0.0400. The van der Waals surface area contributed by atoms with Gasteiger partial charge in [-0.2, -0.15) is 0 Å². The summed E-state index contributed by atoms with van der Waals surface area (Å²) in [5, 5.41) is 20.6. The second-order valence-electron chi connectivity index (χ2n) is 7.30. The smallest absolute Gasteiger partial charge is 0.313 e. The highest BCUT2D eigenvalue weighted by Gasteiger charge is 2.18. The number of azo groups is 1. The van der Waals surface area contributed by atoms with Gasteiger partial charge in [0.05, 0.1) is 17.6 Å². The van der Waals surface area contributed by atoms with E-state index in [4.69, 9.17) is 0 Å². The fourth-order valence-electron chi connectivity index (χ4n) is 3.65. The summed E-state index contributed by atoms with van der Waals surface area (Å²) in [4.78, 5) is 17.0. The first-order chi connectivity index (χ1) is 15.6. The van der Waals surface area contributed by atoms with Crippen LogP contribution in [0.5, 0.6) is 5.88 Å². The second kappa shape index (κ2) is 8.36. The number of halogens is 1. The molecule has 0 fully saturated rings. The van der Waals surface area contributed by atoms with E-state index in [1.165, 1.54) is 0 Å². The van der Waals surface area contributed by atoms with Gasteiger partial charge in [-0.25, -0.2) is 4.98 Å². The normalized spacial score (nSPS) is 11.5. The maximum atomic E-state index is 12.7. The highest BCUT2D eigenvalue weighted by atomic mass is 79.9. The molecule has 2 heterocycles. The molecule has 1 N–H and O–H groups in total. The first kappa shape index (κ1) is 20.1. The maximum absolute atomic E-state index is 12.7. The SMILES string of the molecule is O=C(N=Nc1c(O)n(Cc2ccccc2)c2ccc(Br)cc12)c1ccc2ccccc2n1. The maximum Gasteiger partial charge on any atom is 0.313 e. The Morgan fingerprint density at radius 3 is 2.59 bits per heavy atom. The molecule has 156 valence electrons. The van der Waals surface area contributed by atoms with E-state index < -0.39 is 5.91 Å². The number of carbonyl (C=O) groups excluding carboxylic acids is 1. The van der Waals surface area contributed by atoms with Crippen molar-refractivity contribution in [1.29, 1.82) is 0 Å². The highest BCUT2D eigenvalue weighted by molar-refractivity contribution is 9.10. The number of amides is 1. The largest absolute Gasteiger partial charge is 0.493 e. The van der Waals surface area contributed by atoms with Crippen LogP contribution in [0.25, 0.3) is 21.8 Å². The van der Waals surface area contributed by atoms with Crippen LogP contribution in [0, 0.1) is 0 Å². The lowest BCUT2D eigenvalue weighted by Gasteiger charge is -2.07. The van der Waals surface area contributed by atoms with Gasteiger partial charge in [0, 0.05) is 15.2 Å². The zero-order valence-electron chi connectivity index (χ0n) is 16.8. The Morgan fingerprint density at radius 2 is 1.75 bits per heavy atom. The summed E-state index contributed by atoms with van der Waals surface area (Å²) in [6.07, 6.45) is 0. The van der Waals surface area contributed by atoms with Crippen LogP contribution in [0.1, 0.15) is 16.1 Å². The van der Waals surface area contributed by atoms with Gasteiger partial charge >= 0.3 is 5.91 Å². The Hall–Kier alpha value is -3.84. The second-order valence-corrected chi connectivity index (χ2v) is 8.22. The molecule has 0 aliphatic heterocycles. The van der Waals surface area contributed by atoms with Crippen molar-refractivity contribution in [3.8, 4) is 5.88 Å². The minimum Gasteiger partial charge on any atom is -0.493 e. The van der Waals surface area contributed by atoms with Gasteiger partial charge in [-0.05, 0) is 35.9 Å². The molecule has 0 radical (unpaired) electrons. The third-order valence-corrected chi connectivity index (χ3v) is 5.71. The highest BCUT2D eigenvalue weighted by Crippen LogP contribution is 2.40. The molecule has 7 heteroatoms. The van der Waals surface area contributed by atoms with Crippen LogP contribution in [0.2, 0.25) is 0 Å². The van der Waals surface area contributed by atoms with Crippen LogP contribution in [0.4, 0.5) is 5.69 Å². The van der Waals surface area contributed by atoms with E-state index in [1.54, 1.807) is 10.6 Å². The van der Waals surface area contributed by atoms with E-state index >= 15 is 0 Å². The number of hydrogen-bond donors (Lipinski definition) is 1. The van der Waals surface area contributed by atoms with Crippen LogP contribution in [-0.2, 0) is 6.54 Å². The summed E-state index contributed by atoms with van der Waals surface area (Å²) >= 11 is 3.47. The van der Waals surface area contributed by atoms with E-state index in [2.05, 4.69) is 31.1 Å². The van der Waals surface area contributed by atoms with E-state index in [-0.39, 0.29) is 17.3 Å². The van der Waals surface area contributed by atoms with Crippen LogP contribution in [0.15, 0.2) is 99.6 Å². The molecule has 0 aliphatic rings. The van der Waals surface area contributed by atoms with Gasteiger partial charge in [0.2, 0.25) is 5.88 Å². The fourth-order valence-corrected chi connectivity index (χ4v) is 4.01. The zero-order valence-corrected chi connectivity index (χ0v) is 18.4. The summed E-state index contributed by atoms with van der Waals surface area (Å²) in [5.41, 5.74) is 2.97. The standard InChI is InChI=1S/C25H17BrN4O2/c26-18-11-13-22-19(14-18)23(25(32)30(22)15-16-6-2-1-3-7-16)28-29-24(31)21-12-10-17-8-4-5-9-20(17)27-21/h1-14,32H,15H2. The molecular formula is C25H17BrN4O2. The molecule has 0 saturated heterocycles. The minimum atomic E-state index is -0.575. The number of fused-ring (bicyclic) bond motifs is 2. The average molecular weight is 485 g/mol. The topological polar surface area (TPSA) is 79.8 Å². The van der Waals surface area contributed by atoms with Gasteiger partial charge in [0.25, 0.3) is 0 Å². The molecule has 6 nitrogen and oxygen atoms in total. The summed E-state index contributed by atoms with van der Waals surface area (Å²) in [5.74, 6) is -0.626. The van der Waals surface area contributed by atoms with Crippen molar-refractivity contribution in [1.82, 2.24) is 9.55 Å². The first-order valence-electron chi connectivity index (χ1n) is 9.96. The number of aromatic hydroxyl groups is 1. The molecule has 0 saturated carbocycles. The average Bonchev–Trinajstić information content (AvgIpc) is 3.07. The quantitative estimate of drug-likeness (QED) is 0.290. The van der Waals surface area contributed by atoms with Gasteiger partial charge in [-0.1, -0.05) is 70.5 Å². The molecule has 0 atom stereocenters. The van der Waals surface area contributed by atoms with E-state index in [9.17, 15) is 9.90 Å². The minimum absolute atomic E-state index is 0.0510. The molecule has 5 rings (SSSR count). The number of nitrogens with zero attached hydrogens (tertiary/aromatic N) is 4. The summed E-state index contributed by atoms with van der Waals surface area (Å²) in [7, 11) is 0. The van der Waals surface area contributed by atoms with Crippen molar-refractivity contribution >= 4 is 49.3 Å². The molecule has 0 unspecified atom stereocenters. The molecule has 0 spiro atoms. The van der Waals surface area contributed by atoms with E-state index in [1.807, 2.05) is 78.9 Å². The Kier molecular flexibility index (Phi) is 5.25. The van der Waals surface area contributed by atoms with Gasteiger partial charge in [0.1, 0.15) is 5.69 Å². The van der Waals surface area contributed by atoms with Crippen LogP contribution in [-0.4, -0.2) is 20.6 Å². The number of rotatable bonds is 4. The number of hydrogen-bond acceptors (Lipinski definition) is 4. The van der Waals surface area contributed by atoms with Crippen molar-refractivity contribution in [2.45, 2.75) is 6.54 Å². The predicted molar refractivity (Wildman–Crippen MR) is 127 cm³/mol. The van der Waals surface area contributed by atoms with Crippen molar-refractivity contribution in [2.75, 3.05) is 0 Å². The van der Waals surface area contributed by atoms with Gasteiger partial charge in [-0.3, -0.25) is 4.79 Å². The van der Waals surface area contributed by atoms with Crippen LogP contribution >= 0.6 is 15.9 Å². The third-order valence-electron chi connectivity index (χ3n) is 5.21. The van der Waals surface area contributed by atoms with Crippen LogP contribution < -0.4 is 0 Å². The predicted octanol–water partition coefficient (Wildman–Crippen LogP) is 6.63. The van der Waals surface area contributed by atoms with Crippen molar-refractivity contribution in [2.24, 2.45) is 10.2 Å². The summed E-state index contributed by atoms with van der Waals surface area (Å²) in [6.45, 7) is 0.459. The number of benzene rings is 3. The zero-order chi connectivity index (χ0) is 22.1. The third kappa shape index (κ3) is 3.78. The van der Waals surface area contributed by atoms with Gasteiger partial charge < -0.3 is 9.67 Å². The van der Waals surface area contributed by atoms with E-state index in [0.717, 1.165) is 20.9 Å². The lowest BCUT2D eigenvalue weighted by molar-refractivity contribution is 0.0990. The van der Waals surface area contributed by atoms with E-state index in [0.29, 0.717) is 17.4 Å². The molecule has 0 aliphatic carbocycles. The van der Waals surface area contributed by atoms with Gasteiger partial charge in [-0.15, -0.1) is 10.2 Å². The molecule has 0 bridgehead atoms. The number of pyridine rings is 1. The molecule has 3 aromatic carbocycles. The Labute approximate surface area is 192 Å². The lowest BCUT2D eigenvalue weighted by Crippen LogP contribution is -1.98. The molecule has 32 heavy (non-hydrogen) atoms. The monoisotopic (exact) mass is 484 g/mol. The first-order valence-corrected chi connectivity index (χ1v) is 10.8. The lowest BCUT2D eigenvalue weighted by atomic mass is 10.2. The van der Waals surface area contributed by atoms with Crippen LogP contribution in [0.3, 0.4) is 0 Å². The van der Waals surface area contributed by atoms with Crippen molar-refractivity contribution in [3.63, 3.8) is 0 Å². The molecule has 5 aromatic rings. The van der Waals surface area contributed by atoms with Crippen molar-refractivity contribution in [3.05, 3.63) is 101 Å². The molecule has 1 amide bonds. The Bertz CT molecular complexity index is 1490.